The van der Waals surface area contributed by atoms with E-state index in [-0.39, 0.29) is 6.42 Å². The molecule has 2 N–H and O–H groups in total. The summed E-state index contributed by atoms with van der Waals surface area (Å²) in [5.74, 6) is 0.225. The highest BCUT2D eigenvalue weighted by Crippen LogP contribution is 2.29. The van der Waals surface area contributed by atoms with Gasteiger partial charge < -0.3 is 15.2 Å². The van der Waals surface area contributed by atoms with E-state index >= 15 is 0 Å². The zero-order chi connectivity index (χ0) is 19.2. The predicted octanol–water partition coefficient (Wildman–Crippen LogP) is 3.56. The highest BCUT2D eigenvalue weighted by atomic mass is 32.1. The van der Waals surface area contributed by atoms with E-state index in [2.05, 4.69) is 4.98 Å². The van der Waals surface area contributed by atoms with Gasteiger partial charge in [-0.05, 0) is 31.2 Å². The average molecular weight is 382 g/mol. The lowest BCUT2D eigenvalue weighted by atomic mass is 10.2. The van der Waals surface area contributed by atoms with E-state index in [1.54, 1.807) is 5.38 Å². The van der Waals surface area contributed by atoms with Gasteiger partial charge in [-0.2, -0.15) is 0 Å². The number of esters is 1. The van der Waals surface area contributed by atoms with Crippen molar-refractivity contribution in [3.63, 3.8) is 0 Å². The summed E-state index contributed by atoms with van der Waals surface area (Å²) >= 11 is 1.42. The third-order valence-corrected chi connectivity index (χ3v) is 4.59. The first-order valence-corrected chi connectivity index (χ1v) is 9.16. The average Bonchev–Trinajstić information content (AvgIpc) is 3.11. The molecule has 0 saturated carbocycles. The largest absolute Gasteiger partial charge is 0.457 e. The number of ether oxygens (including phenoxy) is 2. The fraction of sp³-hybridized carbons (Fsp3) is 0.150. The van der Waals surface area contributed by atoms with Gasteiger partial charge in [-0.3, -0.25) is 9.59 Å². The molecule has 27 heavy (non-hydrogen) atoms. The fourth-order valence-electron chi connectivity index (χ4n) is 2.28. The van der Waals surface area contributed by atoms with Crippen LogP contribution in [0.25, 0.3) is 10.6 Å². The Morgan fingerprint density at radius 3 is 2.59 bits per heavy atom. The monoisotopic (exact) mass is 382 g/mol. The number of nitrogens with two attached hydrogens (primary N) is 1. The summed E-state index contributed by atoms with van der Waals surface area (Å²) in [5.41, 5.74) is 6.55. The number of thiazole rings is 1. The van der Waals surface area contributed by atoms with Gasteiger partial charge in [0.15, 0.2) is 6.10 Å². The number of amides is 1. The third-order valence-electron chi connectivity index (χ3n) is 3.65. The Morgan fingerprint density at radius 1 is 1.11 bits per heavy atom. The molecule has 2 aromatic carbocycles. The Morgan fingerprint density at radius 2 is 1.85 bits per heavy atom. The maximum absolute atomic E-state index is 11.8. The molecule has 1 aromatic heterocycles. The maximum Gasteiger partial charge on any atom is 0.312 e. The molecule has 1 amide bonds. The van der Waals surface area contributed by atoms with Crippen LogP contribution >= 0.6 is 11.3 Å². The molecular weight excluding hydrogens is 364 g/mol. The molecule has 1 heterocycles. The smallest absolute Gasteiger partial charge is 0.312 e. The highest BCUT2D eigenvalue weighted by Gasteiger charge is 2.16. The van der Waals surface area contributed by atoms with Crippen LogP contribution in [0.5, 0.6) is 11.5 Å². The van der Waals surface area contributed by atoms with Crippen LogP contribution in [0.4, 0.5) is 0 Å². The summed E-state index contributed by atoms with van der Waals surface area (Å²) < 4.78 is 10.8. The van der Waals surface area contributed by atoms with Crippen LogP contribution in [0, 0.1) is 0 Å². The number of carbonyl (C=O) groups excluding carboxylic acids is 2. The molecule has 138 valence electrons. The van der Waals surface area contributed by atoms with Gasteiger partial charge in [0.05, 0.1) is 12.1 Å². The van der Waals surface area contributed by atoms with Gasteiger partial charge in [-0.15, -0.1) is 11.3 Å². The molecule has 3 rings (SSSR count). The third kappa shape index (κ3) is 5.15. The van der Waals surface area contributed by atoms with Crippen molar-refractivity contribution in [1.29, 1.82) is 0 Å². The summed E-state index contributed by atoms with van der Waals surface area (Å²) in [5, 5.41) is 2.55. The van der Waals surface area contributed by atoms with E-state index in [9.17, 15) is 9.59 Å². The molecule has 0 aliphatic heterocycles. The quantitative estimate of drug-likeness (QED) is 0.631. The number of hydrogen-bond acceptors (Lipinski definition) is 6. The fourth-order valence-corrected chi connectivity index (χ4v) is 3.10. The first-order valence-electron chi connectivity index (χ1n) is 8.28. The lowest BCUT2D eigenvalue weighted by molar-refractivity contribution is -0.153. The molecule has 1 unspecified atom stereocenters. The lowest BCUT2D eigenvalue weighted by Gasteiger charge is -2.08. The van der Waals surface area contributed by atoms with Crippen molar-refractivity contribution in [2.75, 3.05) is 0 Å². The Bertz CT molecular complexity index is 940. The van der Waals surface area contributed by atoms with Crippen molar-refractivity contribution in [2.24, 2.45) is 5.73 Å². The minimum absolute atomic E-state index is 0.0195. The van der Waals surface area contributed by atoms with Gasteiger partial charge in [0.25, 0.3) is 5.91 Å². The second-order valence-corrected chi connectivity index (χ2v) is 6.66. The number of nitrogens with zero attached hydrogens (tertiary/aromatic N) is 1. The van der Waals surface area contributed by atoms with Crippen molar-refractivity contribution in [3.8, 4) is 22.1 Å². The van der Waals surface area contributed by atoms with Gasteiger partial charge in [0, 0.05) is 10.9 Å². The van der Waals surface area contributed by atoms with E-state index in [1.165, 1.54) is 18.3 Å². The lowest BCUT2D eigenvalue weighted by Crippen LogP contribution is -2.30. The molecule has 0 saturated heterocycles. The zero-order valence-corrected chi connectivity index (χ0v) is 15.4. The molecule has 1 atom stereocenters. The van der Waals surface area contributed by atoms with Gasteiger partial charge in [0.1, 0.15) is 16.5 Å². The number of aromatic nitrogens is 1. The maximum atomic E-state index is 11.8. The topological polar surface area (TPSA) is 91.5 Å². The predicted molar refractivity (Wildman–Crippen MR) is 103 cm³/mol. The van der Waals surface area contributed by atoms with Crippen LogP contribution in [-0.2, 0) is 20.7 Å². The normalized spacial score (nSPS) is 11.6. The second kappa shape index (κ2) is 8.46. The molecule has 0 radical (unpaired) electrons. The molecular formula is C20H18N2O4S. The van der Waals surface area contributed by atoms with Crippen LogP contribution in [0.15, 0.2) is 60.0 Å². The summed E-state index contributed by atoms with van der Waals surface area (Å²) in [6, 6.07) is 17.1. The second-order valence-electron chi connectivity index (χ2n) is 5.80. The van der Waals surface area contributed by atoms with Crippen LogP contribution in [-0.4, -0.2) is 23.0 Å². The van der Waals surface area contributed by atoms with Crippen molar-refractivity contribution >= 4 is 23.2 Å². The Balaban J connectivity index is 1.68. The number of primary amides is 1. The minimum atomic E-state index is -0.956. The van der Waals surface area contributed by atoms with E-state index in [0.29, 0.717) is 11.4 Å². The molecule has 3 aromatic rings. The summed E-state index contributed by atoms with van der Waals surface area (Å²) in [4.78, 5) is 27.3. The molecule has 0 aliphatic carbocycles. The molecule has 0 fully saturated rings. The Kier molecular flexibility index (Phi) is 5.83. The first kappa shape index (κ1) is 18.6. The summed E-state index contributed by atoms with van der Waals surface area (Å²) in [6.07, 6.45) is -0.976. The van der Waals surface area contributed by atoms with Gasteiger partial charge >= 0.3 is 5.97 Å². The molecule has 0 aliphatic rings. The highest BCUT2D eigenvalue weighted by molar-refractivity contribution is 7.13. The first-order chi connectivity index (χ1) is 13.0. The number of rotatable bonds is 7. The number of hydrogen-bond donors (Lipinski definition) is 1. The van der Waals surface area contributed by atoms with Crippen molar-refractivity contribution in [1.82, 2.24) is 4.98 Å². The van der Waals surface area contributed by atoms with Gasteiger partial charge in [-0.25, -0.2) is 4.98 Å². The van der Waals surface area contributed by atoms with Crippen molar-refractivity contribution in [3.05, 3.63) is 65.7 Å². The Hall–Kier alpha value is -3.19. The zero-order valence-electron chi connectivity index (χ0n) is 14.6. The van der Waals surface area contributed by atoms with Crippen molar-refractivity contribution in [2.45, 2.75) is 19.4 Å². The van der Waals surface area contributed by atoms with Gasteiger partial charge in [0.2, 0.25) is 0 Å². The SMILES string of the molecule is CC(OC(=O)Cc1csc(-c2cccc(Oc3ccccc3)c2)n1)C(N)=O. The van der Waals surface area contributed by atoms with E-state index in [0.717, 1.165) is 16.3 Å². The minimum Gasteiger partial charge on any atom is -0.457 e. The van der Waals surface area contributed by atoms with Crippen LogP contribution in [0.3, 0.4) is 0 Å². The molecule has 0 bridgehead atoms. The van der Waals surface area contributed by atoms with E-state index in [1.807, 2.05) is 54.6 Å². The summed E-state index contributed by atoms with van der Waals surface area (Å²) in [6.45, 7) is 1.44. The number of benzene rings is 2. The standard InChI is InChI=1S/C20H18N2O4S/c1-13(19(21)24)25-18(23)11-15-12-27-20(22-15)14-6-5-9-17(10-14)26-16-7-3-2-4-8-16/h2-10,12-13H,11H2,1H3,(H2,21,24). The molecule has 7 heteroatoms. The van der Waals surface area contributed by atoms with Crippen LogP contribution in [0.2, 0.25) is 0 Å². The number of carbonyl (C=O) groups is 2. The van der Waals surface area contributed by atoms with Crippen molar-refractivity contribution < 1.29 is 19.1 Å². The summed E-state index contributed by atoms with van der Waals surface area (Å²) in [7, 11) is 0. The van der Waals surface area contributed by atoms with Gasteiger partial charge in [-0.1, -0.05) is 30.3 Å². The van der Waals surface area contributed by atoms with E-state index in [4.69, 9.17) is 15.2 Å². The van der Waals surface area contributed by atoms with E-state index < -0.39 is 18.0 Å². The molecule has 6 nitrogen and oxygen atoms in total. The number of para-hydroxylation sites is 1. The van der Waals surface area contributed by atoms with Crippen LogP contribution < -0.4 is 10.5 Å². The molecule has 0 spiro atoms. The Labute approximate surface area is 160 Å². The van der Waals surface area contributed by atoms with Crippen LogP contribution in [0.1, 0.15) is 12.6 Å².